The molecule has 112 valence electrons. The highest BCUT2D eigenvalue weighted by molar-refractivity contribution is 5.48. The molecule has 0 fully saturated rings. The van der Waals surface area contributed by atoms with E-state index in [4.69, 9.17) is 0 Å². The number of anilines is 1. The third kappa shape index (κ3) is 4.33. The summed E-state index contributed by atoms with van der Waals surface area (Å²) in [5, 5.41) is 0. The van der Waals surface area contributed by atoms with Gasteiger partial charge in [-0.3, -0.25) is 0 Å². The van der Waals surface area contributed by atoms with Crippen molar-refractivity contribution >= 4 is 5.69 Å². The first-order chi connectivity index (χ1) is 10.1. The number of hydrogen-bond donors (Lipinski definition) is 0. The summed E-state index contributed by atoms with van der Waals surface area (Å²) in [4.78, 5) is 4.71. The summed E-state index contributed by atoms with van der Waals surface area (Å²) >= 11 is 0. The molecular weight excluding hydrogens is 256 g/mol. The van der Waals surface area contributed by atoms with E-state index in [0.29, 0.717) is 6.04 Å². The highest BCUT2D eigenvalue weighted by atomic mass is 15.2. The second-order valence-electron chi connectivity index (χ2n) is 5.92. The van der Waals surface area contributed by atoms with Gasteiger partial charge in [0.15, 0.2) is 0 Å². The molecule has 0 aliphatic carbocycles. The van der Waals surface area contributed by atoms with E-state index < -0.39 is 0 Å². The van der Waals surface area contributed by atoms with Crippen LogP contribution in [0.2, 0.25) is 0 Å². The van der Waals surface area contributed by atoms with E-state index in [0.717, 1.165) is 13.1 Å². The molecule has 0 heterocycles. The number of rotatable bonds is 6. The van der Waals surface area contributed by atoms with Gasteiger partial charge in [0, 0.05) is 18.8 Å². The molecule has 2 heteroatoms. The molecule has 0 aliphatic rings. The number of likely N-dealkylation sites (N-methyl/N-ethyl adjacent to an activating group) is 1. The second kappa shape index (κ2) is 7.28. The lowest BCUT2D eigenvalue weighted by atomic mass is 10.0. The molecule has 0 aliphatic heterocycles. The Morgan fingerprint density at radius 2 is 1.48 bits per heavy atom. The minimum Gasteiger partial charge on any atom is -0.363 e. The minimum atomic E-state index is 0.368. The van der Waals surface area contributed by atoms with Crippen LogP contribution in [0.3, 0.4) is 0 Å². The van der Waals surface area contributed by atoms with Gasteiger partial charge in [0.25, 0.3) is 0 Å². The van der Waals surface area contributed by atoms with Crippen LogP contribution >= 0.6 is 0 Å². The summed E-state index contributed by atoms with van der Waals surface area (Å²) in [6.45, 7) is 6.49. The van der Waals surface area contributed by atoms with Gasteiger partial charge in [-0.15, -0.1) is 0 Å². The van der Waals surface area contributed by atoms with Gasteiger partial charge >= 0.3 is 0 Å². The number of benzene rings is 2. The molecule has 2 rings (SSSR count). The van der Waals surface area contributed by atoms with Crippen LogP contribution < -0.4 is 4.90 Å². The Morgan fingerprint density at radius 1 is 0.857 bits per heavy atom. The lowest BCUT2D eigenvalue weighted by Gasteiger charge is -2.33. The van der Waals surface area contributed by atoms with Crippen LogP contribution in [0.15, 0.2) is 54.6 Å². The second-order valence-corrected chi connectivity index (χ2v) is 5.92. The number of para-hydroxylation sites is 1. The first-order valence-corrected chi connectivity index (χ1v) is 7.61. The summed E-state index contributed by atoms with van der Waals surface area (Å²) in [6.07, 6.45) is 0. The zero-order valence-corrected chi connectivity index (χ0v) is 13.6. The Bertz CT molecular complexity index is 531. The third-order valence-electron chi connectivity index (χ3n) is 3.90. The van der Waals surface area contributed by atoms with Crippen LogP contribution in [0.1, 0.15) is 24.1 Å². The van der Waals surface area contributed by atoms with Crippen LogP contribution in [0.25, 0.3) is 0 Å². The molecule has 0 N–H and O–H groups in total. The van der Waals surface area contributed by atoms with E-state index in [2.05, 4.69) is 92.3 Å². The number of nitrogens with zero attached hydrogens (tertiary/aromatic N) is 2. The maximum absolute atomic E-state index is 2.48. The average molecular weight is 282 g/mol. The van der Waals surface area contributed by atoms with Crippen LogP contribution in [0.4, 0.5) is 5.69 Å². The Kier molecular flexibility index (Phi) is 5.40. The Morgan fingerprint density at radius 3 is 2.05 bits per heavy atom. The summed E-state index contributed by atoms with van der Waals surface area (Å²) in [7, 11) is 4.25. The average Bonchev–Trinajstić information content (AvgIpc) is 2.49. The topological polar surface area (TPSA) is 6.48 Å². The van der Waals surface area contributed by atoms with Crippen molar-refractivity contribution in [1.82, 2.24) is 4.90 Å². The van der Waals surface area contributed by atoms with Gasteiger partial charge in [-0.1, -0.05) is 48.0 Å². The summed E-state index contributed by atoms with van der Waals surface area (Å²) in [5.74, 6) is 0. The molecule has 1 unspecified atom stereocenters. The molecule has 1 atom stereocenters. The monoisotopic (exact) mass is 282 g/mol. The largest absolute Gasteiger partial charge is 0.363 e. The Balaban J connectivity index is 2.23. The van der Waals surface area contributed by atoms with Gasteiger partial charge in [0.1, 0.15) is 0 Å². The molecule has 0 amide bonds. The van der Waals surface area contributed by atoms with E-state index in [-0.39, 0.29) is 0 Å². The summed E-state index contributed by atoms with van der Waals surface area (Å²) in [5.41, 5.74) is 3.96. The molecule has 2 nitrogen and oxygen atoms in total. The van der Waals surface area contributed by atoms with Crippen LogP contribution in [-0.4, -0.2) is 32.1 Å². The molecule has 2 aromatic carbocycles. The van der Waals surface area contributed by atoms with Crippen molar-refractivity contribution in [3.05, 3.63) is 65.7 Å². The van der Waals surface area contributed by atoms with Crippen LogP contribution in [-0.2, 0) is 0 Å². The van der Waals surface area contributed by atoms with Gasteiger partial charge in [-0.2, -0.15) is 0 Å². The first kappa shape index (κ1) is 15.6. The predicted octanol–water partition coefficient (Wildman–Crippen LogP) is 4.12. The van der Waals surface area contributed by atoms with Crippen molar-refractivity contribution in [2.24, 2.45) is 0 Å². The lowest BCUT2D eigenvalue weighted by Crippen LogP contribution is -2.33. The molecule has 0 bridgehead atoms. The molecule has 2 aromatic rings. The van der Waals surface area contributed by atoms with Crippen molar-refractivity contribution in [1.29, 1.82) is 0 Å². The lowest BCUT2D eigenvalue weighted by molar-refractivity contribution is 0.407. The van der Waals surface area contributed by atoms with Crippen molar-refractivity contribution in [2.75, 3.05) is 32.1 Å². The van der Waals surface area contributed by atoms with E-state index >= 15 is 0 Å². The van der Waals surface area contributed by atoms with E-state index in [9.17, 15) is 0 Å². The predicted molar refractivity (Wildman–Crippen MR) is 91.9 cm³/mol. The van der Waals surface area contributed by atoms with E-state index in [1.807, 2.05) is 0 Å². The zero-order chi connectivity index (χ0) is 15.2. The van der Waals surface area contributed by atoms with Gasteiger partial charge in [0.05, 0.1) is 6.04 Å². The molecule has 0 saturated heterocycles. The summed E-state index contributed by atoms with van der Waals surface area (Å²) < 4.78 is 0. The highest BCUT2D eigenvalue weighted by Gasteiger charge is 2.16. The first-order valence-electron chi connectivity index (χ1n) is 7.61. The quantitative estimate of drug-likeness (QED) is 0.786. The van der Waals surface area contributed by atoms with Crippen LogP contribution in [0, 0.1) is 6.92 Å². The SMILES string of the molecule is Cc1ccc(C(C)N(CCN(C)C)c2ccccc2)cc1. The zero-order valence-electron chi connectivity index (χ0n) is 13.6. The molecular formula is C19H26N2. The van der Waals surface area contributed by atoms with Crippen molar-refractivity contribution in [3.8, 4) is 0 Å². The van der Waals surface area contributed by atoms with E-state index in [1.54, 1.807) is 0 Å². The minimum absolute atomic E-state index is 0.368. The number of hydrogen-bond acceptors (Lipinski definition) is 2. The maximum Gasteiger partial charge on any atom is 0.0514 e. The fraction of sp³-hybridized carbons (Fsp3) is 0.368. The number of aryl methyl sites for hydroxylation is 1. The van der Waals surface area contributed by atoms with Crippen LogP contribution in [0.5, 0.6) is 0 Å². The summed E-state index contributed by atoms with van der Waals surface area (Å²) in [6, 6.07) is 19.9. The maximum atomic E-state index is 2.48. The smallest absolute Gasteiger partial charge is 0.0514 e. The van der Waals surface area contributed by atoms with Gasteiger partial charge < -0.3 is 9.80 Å². The normalized spacial score (nSPS) is 12.4. The molecule has 0 aromatic heterocycles. The van der Waals surface area contributed by atoms with Gasteiger partial charge in [0.2, 0.25) is 0 Å². The fourth-order valence-electron chi connectivity index (χ4n) is 2.50. The standard InChI is InChI=1S/C19H26N2/c1-16-10-12-18(13-11-16)17(2)21(15-14-20(3)4)19-8-6-5-7-9-19/h5-13,17H,14-15H2,1-4H3. The van der Waals surface area contributed by atoms with Crippen molar-refractivity contribution < 1.29 is 0 Å². The third-order valence-corrected chi connectivity index (χ3v) is 3.90. The molecule has 0 saturated carbocycles. The van der Waals surface area contributed by atoms with Gasteiger partial charge in [-0.25, -0.2) is 0 Å². The Hall–Kier alpha value is -1.80. The van der Waals surface area contributed by atoms with Gasteiger partial charge in [-0.05, 0) is 45.6 Å². The highest BCUT2D eigenvalue weighted by Crippen LogP contribution is 2.26. The van der Waals surface area contributed by atoms with Crippen molar-refractivity contribution in [2.45, 2.75) is 19.9 Å². The molecule has 0 radical (unpaired) electrons. The molecule has 0 spiro atoms. The molecule has 21 heavy (non-hydrogen) atoms. The Labute approximate surface area is 129 Å². The van der Waals surface area contributed by atoms with Crippen molar-refractivity contribution in [3.63, 3.8) is 0 Å². The van der Waals surface area contributed by atoms with E-state index in [1.165, 1.54) is 16.8 Å². The fourth-order valence-corrected chi connectivity index (χ4v) is 2.50.